The first-order valence-electron chi connectivity index (χ1n) is 6.73. The van der Waals surface area contributed by atoms with E-state index in [1.807, 2.05) is 0 Å². The summed E-state index contributed by atoms with van der Waals surface area (Å²) >= 11 is 0. The van der Waals surface area contributed by atoms with Gasteiger partial charge in [0.15, 0.2) is 0 Å². The normalized spacial score (nSPS) is 27.3. The summed E-state index contributed by atoms with van der Waals surface area (Å²) in [5, 5.41) is 10.6. The summed E-state index contributed by atoms with van der Waals surface area (Å²) in [5.74, 6) is 0. The van der Waals surface area contributed by atoms with Crippen molar-refractivity contribution in [3.8, 4) is 0 Å². The summed E-state index contributed by atoms with van der Waals surface area (Å²) in [4.78, 5) is 0. The molecule has 1 nitrogen and oxygen atoms in total. The molecule has 1 aliphatic rings. The minimum atomic E-state index is -0.475. The molecule has 0 amide bonds. The van der Waals surface area contributed by atoms with Crippen molar-refractivity contribution >= 4 is 0 Å². The van der Waals surface area contributed by atoms with Crippen LogP contribution in [0.2, 0.25) is 0 Å². The minimum Gasteiger partial charge on any atom is -0.390 e. The lowest BCUT2D eigenvalue weighted by Gasteiger charge is -2.25. The van der Waals surface area contributed by atoms with Crippen molar-refractivity contribution < 1.29 is 5.11 Å². The second-order valence-corrected chi connectivity index (χ2v) is 6.41. The van der Waals surface area contributed by atoms with E-state index >= 15 is 0 Å². The van der Waals surface area contributed by atoms with E-state index in [0.29, 0.717) is 5.41 Å². The van der Waals surface area contributed by atoms with E-state index in [1.165, 1.54) is 11.1 Å². The van der Waals surface area contributed by atoms with Gasteiger partial charge in [-0.15, -0.1) is 0 Å². The van der Waals surface area contributed by atoms with Gasteiger partial charge in [0.05, 0.1) is 5.60 Å². The molecule has 1 aromatic rings. The van der Waals surface area contributed by atoms with Gasteiger partial charge < -0.3 is 5.11 Å². The maximum atomic E-state index is 10.6. The van der Waals surface area contributed by atoms with E-state index in [4.69, 9.17) is 0 Å². The van der Waals surface area contributed by atoms with Crippen molar-refractivity contribution in [3.63, 3.8) is 0 Å². The van der Waals surface area contributed by atoms with Crippen LogP contribution < -0.4 is 0 Å². The largest absolute Gasteiger partial charge is 0.390 e. The van der Waals surface area contributed by atoms with Gasteiger partial charge in [-0.25, -0.2) is 0 Å². The molecule has 0 heterocycles. The highest BCUT2D eigenvalue weighted by Crippen LogP contribution is 2.44. The maximum Gasteiger partial charge on any atom is 0.0693 e. The Kier molecular flexibility index (Phi) is 3.31. The van der Waals surface area contributed by atoms with Crippen LogP contribution in [0.3, 0.4) is 0 Å². The number of hydrogen-bond donors (Lipinski definition) is 1. The summed E-state index contributed by atoms with van der Waals surface area (Å²) in [5.41, 5.74) is 2.46. The lowest BCUT2D eigenvalue weighted by molar-refractivity contribution is 0.0379. The molecule has 1 heteroatoms. The van der Waals surface area contributed by atoms with Crippen LogP contribution in [0.25, 0.3) is 0 Å². The molecule has 1 fully saturated rings. The van der Waals surface area contributed by atoms with Crippen molar-refractivity contribution in [2.24, 2.45) is 5.41 Å². The van der Waals surface area contributed by atoms with Gasteiger partial charge in [0.2, 0.25) is 0 Å². The molecule has 1 aromatic carbocycles. The second-order valence-electron chi connectivity index (χ2n) is 6.41. The minimum absolute atomic E-state index is 0.304. The van der Waals surface area contributed by atoms with Gasteiger partial charge in [0.25, 0.3) is 0 Å². The molecule has 0 bridgehead atoms. The zero-order valence-electron chi connectivity index (χ0n) is 11.3. The van der Waals surface area contributed by atoms with Gasteiger partial charge in [-0.2, -0.15) is 0 Å². The highest BCUT2D eigenvalue weighted by atomic mass is 16.3. The van der Waals surface area contributed by atoms with Crippen molar-refractivity contribution in [3.05, 3.63) is 35.4 Å². The first-order valence-corrected chi connectivity index (χ1v) is 6.73. The molecule has 0 aromatic heterocycles. The molecule has 1 aliphatic carbocycles. The van der Waals surface area contributed by atoms with Gasteiger partial charge in [-0.05, 0) is 42.2 Å². The summed E-state index contributed by atoms with van der Waals surface area (Å²) in [6, 6.07) is 8.70. The van der Waals surface area contributed by atoms with Gasteiger partial charge >= 0.3 is 0 Å². The fraction of sp³-hybridized carbons (Fsp3) is 0.625. The predicted molar refractivity (Wildman–Crippen MR) is 72.1 cm³/mol. The fourth-order valence-corrected chi connectivity index (χ4v) is 3.06. The first-order chi connectivity index (χ1) is 7.92. The third-order valence-corrected chi connectivity index (χ3v) is 4.04. The van der Waals surface area contributed by atoms with Crippen LogP contribution in [-0.4, -0.2) is 10.7 Å². The van der Waals surface area contributed by atoms with Crippen molar-refractivity contribution in [2.75, 3.05) is 0 Å². The quantitative estimate of drug-likeness (QED) is 0.842. The summed E-state index contributed by atoms with van der Waals surface area (Å²) in [6.07, 6.45) is 4.89. The zero-order valence-corrected chi connectivity index (χ0v) is 11.3. The van der Waals surface area contributed by atoms with Gasteiger partial charge in [0, 0.05) is 6.42 Å². The lowest BCUT2D eigenvalue weighted by atomic mass is 9.86. The van der Waals surface area contributed by atoms with Gasteiger partial charge in [-0.1, -0.05) is 45.0 Å². The standard InChI is InChI=1S/C16H24O/c1-4-13-5-7-14(8-6-13)11-16(17)10-9-15(2,3)12-16/h5-8,17H,4,9-12H2,1-3H3. The van der Waals surface area contributed by atoms with Gasteiger partial charge in [-0.3, -0.25) is 0 Å². The number of aryl methyl sites for hydroxylation is 1. The maximum absolute atomic E-state index is 10.6. The smallest absolute Gasteiger partial charge is 0.0693 e. The molecule has 2 rings (SSSR count). The Bertz CT molecular complexity index is 377. The molecule has 0 spiro atoms. The van der Waals surface area contributed by atoms with E-state index in [2.05, 4.69) is 45.0 Å². The Balaban J connectivity index is 2.05. The molecular weight excluding hydrogens is 208 g/mol. The molecule has 17 heavy (non-hydrogen) atoms. The number of rotatable bonds is 3. The monoisotopic (exact) mass is 232 g/mol. The van der Waals surface area contributed by atoms with E-state index in [1.54, 1.807) is 0 Å². The molecule has 0 radical (unpaired) electrons. The van der Waals surface area contributed by atoms with E-state index in [0.717, 1.165) is 32.1 Å². The van der Waals surface area contributed by atoms with Crippen molar-refractivity contribution in [1.29, 1.82) is 0 Å². The predicted octanol–water partition coefficient (Wildman–Crippen LogP) is 3.73. The summed E-state index contributed by atoms with van der Waals surface area (Å²) in [6.45, 7) is 6.68. The molecule has 0 aliphatic heterocycles. The number of hydrogen-bond acceptors (Lipinski definition) is 1. The van der Waals surface area contributed by atoms with Crippen LogP contribution >= 0.6 is 0 Å². The van der Waals surface area contributed by atoms with Crippen molar-refractivity contribution in [2.45, 2.75) is 58.5 Å². The average Bonchev–Trinajstić information content (AvgIpc) is 2.54. The lowest BCUT2D eigenvalue weighted by Crippen LogP contribution is -2.29. The van der Waals surface area contributed by atoms with Crippen molar-refractivity contribution in [1.82, 2.24) is 0 Å². The van der Waals surface area contributed by atoms with Gasteiger partial charge in [0.1, 0.15) is 0 Å². The van der Waals surface area contributed by atoms with Crippen LogP contribution in [-0.2, 0) is 12.8 Å². The van der Waals surface area contributed by atoms with Crippen LogP contribution in [0, 0.1) is 5.41 Å². The van der Waals surface area contributed by atoms with Crippen LogP contribution in [0.5, 0.6) is 0 Å². The van der Waals surface area contributed by atoms with E-state index in [9.17, 15) is 5.11 Å². The third kappa shape index (κ3) is 3.10. The zero-order chi connectivity index (χ0) is 12.5. The Labute approximate surface area is 105 Å². The van der Waals surface area contributed by atoms with Crippen LogP contribution in [0.15, 0.2) is 24.3 Å². The molecule has 1 N–H and O–H groups in total. The number of aliphatic hydroxyl groups is 1. The molecule has 1 saturated carbocycles. The Morgan fingerprint density at radius 2 is 1.65 bits per heavy atom. The molecular formula is C16H24O. The fourth-order valence-electron chi connectivity index (χ4n) is 3.06. The Hall–Kier alpha value is -0.820. The summed E-state index contributed by atoms with van der Waals surface area (Å²) in [7, 11) is 0. The SMILES string of the molecule is CCc1ccc(CC2(O)CCC(C)(C)C2)cc1. The molecule has 94 valence electrons. The molecule has 0 saturated heterocycles. The van der Waals surface area contributed by atoms with Crippen LogP contribution in [0.4, 0.5) is 0 Å². The second kappa shape index (κ2) is 4.45. The van der Waals surface area contributed by atoms with E-state index < -0.39 is 5.60 Å². The highest BCUT2D eigenvalue weighted by molar-refractivity contribution is 5.24. The van der Waals surface area contributed by atoms with E-state index in [-0.39, 0.29) is 0 Å². The number of benzene rings is 1. The first kappa shape index (κ1) is 12.6. The third-order valence-electron chi connectivity index (χ3n) is 4.04. The molecule has 1 unspecified atom stereocenters. The van der Waals surface area contributed by atoms with Crippen LogP contribution in [0.1, 0.15) is 51.2 Å². The Morgan fingerprint density at radius 3 is 2.12 bits per heavy atom. The molecule has 1 atom stereocenters. The average molecular weight is 232 g/mol. The summed E-state index contributed by atoms with van der Waals surface area (Å²) < 4.78 is 0. The highest BCUT2D eigenvalue weighted by Gasteiger charge is 2.41. The Morgan fingerprint density at radius 1 is 1.06 bits per heavy atom. The topological polar surface area (TPSA) is 20.2 Å².